The Morgan fingerprint density at radius 3 is 1.81 bits per heavy atom. The molecule has 0 heterocycles. The van der Waals surface area contributed by atoms with E-state index in [1.165, 1.54) is 70.6 Å². The Balaban J connectivity index is 0. The minimum atomic E-state index is -4.60. The van der Waals surface area contributed by atoms with Gasteiger partial charge >= 0.3 is 51.4 Å². The molecule has 27 heavy (non-hydrogen) atoms. The minimum absolute atomic E-state index is 0. The van der Waals surface area contributed by atoms with Crippen LogP contribution in [0.2, 0.25) is 0 Å². The van der Waals surface area contributed by atoms with E-state index in [2.05, 4.69) is 24.1 Å². The van der Waals surface area contributed by atoms with Gasteiger partial charge in [0.25, 0.3) is 0 Å². The molecular formula is C21H41KO4S. The summed E-state index contributed by atoms with van der Waals surface area (Å²) < 4.78 is 36.6. The standard InChI is InChI=1S/C21H42O4S.K/c1-3-5-7-9-11-13-15-17-19-21(20-25-26(22,23)24)18-16-14-12-10-8-6-4-2;/h16,18,21H,3-15,17,19-20H2,1-2H3,(H,22,23,24);/q;+1/p-1/b18-16+;. The Hall–Kier alpha value is 1.25. The van der Waals surface area contributed by atoms with Crippen molar-refractivity contribution < 1.29 is 68.5 Å². The fraction of sp³-hybridized carbons (Fsp3) is 0.905. The molecule has 4 nitrogen and oxygen atoms in total. The van der Waals surface area contributed by atoms with E-state index in [0.717, 1.165) is 25.7 Å². The first-order chi connectivity index (χ1) is 12.5. The van der Waals surface area contributed by atoms with Crippen LogP contribution in [-0.4, -0.2) is 19.6 Å². The van der Waals surface area contributed by atoms with Crippen LogP contribution in [0.5, 0.6) is 0 Å². The van der Waals surface area contributed by atoms with Crippen molar-refractivity contribution >= 4 is 10.4 Å². The molecule has 0 spiro atoms. The molecule has 0 bridgehead atoms. The van der Waals surface area contributed by atoms with E-state index < -0.39 is 10.4 Å². The quantitative estimate of drug-likeness (QED) is 0.104. The molecule has 0 aromatic rings. The number of hydrogen-bond acceptors (Lipinski definition) is 4. The molecule has 6 heteroatoms. The SMILES string of the molecule is CCCCCCC/C=C/C(CCCCCCCCCC)COS(=O)(=O)[O-].[K+]. The maximum absolute atomic E-state index is 10.7. The van der Waals surface area contributed by atoms with Crippen LogP contribution in [0.15, 0.2) is 12.2 Å². The van der Waals surface area contributed by atoms with Crippen LogP contribution in [0.1, 0.15) is 110 Å². The van der Waals surface area contributed by atoms with Crippen LogP contribution >= 0.6 is 0 Å². The number of rotatable bonds is 19. The van der Waals surface area contributed by atoms with Gasteiger partial charge in [0.15, 0.2) is 0 Å². The van der Waals surface area contributed by atoms with Crippen LogP contribution in [0.25, 0.3) is 0 Å². The molecule has 0 aromatic carbocycles. The summed E-state index contributed by atoms with van der Waals surface area (Å²) in [6, 6.07) is 0. The summed E-state index contributed by atoms with van der Waals surface area (Å²) in [6.07, 6.45) is 22.3. The maximum Gasteiger partial charge on any atom is 1.00 e. The molecular weight excluding hydrogens is 387 g/mol. The molecule has 0 amide bonds. The van der Waals surface area contributed by atoms with Crippen molar-refractivity contribution in [3.8, 4) is 0 Å². The molecule has 156 valence electrons. The molecule has 0 aliphatic heterocycles. The van der Waals surface area contributed by atoms with E-state index in [9.17, 15) is 13.0 Å². The Kier molecular flexibility index (Phi) is 24.7. The van der Waals surface area contributed by atoms with Gasteiger partial charge in [0.05, 0.1) is 6.61 Å². The van der Waals surface area contributed by atoms with Crippen LogP contribution in [-0.2, 0) is 14.6 Å². The first-order valence-electron chi connectivity index (χ1n) is 10.8. The summed E-state index contributed by atoms with van der Waals surface area (Å²) in [5.74, 6) is 0.0226. The zero-order chi connectivity index (χ0) is 19.5. The Labute approximate surface area is 211 Å². The van der Waals surface area contributed by atoms with E-state index in [0.29, 0.717) is 0 Å². The van der Waals surface area contributed by atoms with Gasteiger partial charge in [-0.15, -0.1) is 0 Å². The Morgan fingerprint density at radius 2 is 1.30 bits per heavy atom. The summed E-state index contributed by atoms with van der Waals surface area (Å²) in [4.78, 5) is 0. The van der Waals surface area contributed by atoms with Gasteiger partial charge in [0, 0.05) is 5.92 Å². The normalized spacial score (nSPS) is 13.0. The summed E-state index contributed by atoms with van der Waals surface area (Å²) in [7, 11) is -4.60. The van der Waals surface area contributed by atoms with Crippen molar-refractivity contribution in [2.24, 2.45) is 5.92 Å². The third-order valence-electron chi connectivity index (χ3n) is 4.74. The van der Waals surface area contributed by atoms with E-state index in [1.54, 1.807) is 0 Å². The molecule has 0 saturated heterocycles. The Morgan fingerprint density at radius 1 is 0.815 bits per heavy atom. The van der Waals surface area contributed by atoms with Crippen molar-refractivity contribution in [2.75, 3.05) is 6.61 Å². The summed E-state index contributed by atoms with van der Waals surface area (Å²) in [6.45, 7) is 4.41. The minimum Gasteiger partial charge on any atom is -0.726 e. The van der Waals surface area contributed by atoms with Gasteiger partial charge in [-0.3, -0.25) is 4.18 Å². The molecule has 1 atom stereocenters. The van der Waals surface area contributed by atoms with Crippen molar-refractivity contribution in [3.05, 3.63) is 12.2 Å². The van der Waals surface area contributed by atoms with Gasteiger partial charge in [-0.25, -0.2) is 8.42 Å². The first-order valence-corrected chi connectivity index (χ1v) is 12.1. The molecule has 0 aliphatic rings. The molecule has 0 aromatic heterocycles. The van der Waals surface area contributed by atoms with Gasteiger partial charge in [0.2, 0.25) is 10.4 Å². The number of allylic oxidation sites excluding steroid dienone is 1. The molecule has 1 unspecified atom stereocenters. The van der Waals surface area contributed by atoms with Crippen molar-refractivity contribution in [3.63, 3.8) is 0 Å². The van der Waals surface area contributed by atoms with Gasteiger partial charge in [0.1, 0.15) is 0 Å². The van der Waals surface area contributed by atoms with E-state index in [4.69, 9.17) is 0 Å². The number of hydrogen-bond donors (Lipinski definition) is 0. The van der Waals surface area contributed by atoms with Gasteiger partial charge in [-0.2, -0.15) is 0 Å². The predicted molar refractivity (Wildman–Crippen MR) is 109 cm³/mol. The van der Waals surface area contributed by atoms with Crippen molar-refractivity contribution in [2.45, 2.75) is 110 Å². The van der Waals surface area contributed by atoms with E-state index in [1.807, 2.05) is 6.08 Å². The fourth-order valence-electron chi connectivity index (χ4n) is 3.10. The average Bonchev–Trinajstić information content (AvgIpc) is 2.59. The van der Waals surface area contributed by atoms with Crippen molar-refractivity contribution in [1.29, 1.82) is 0 Å². The smallest absolute Gasteiger partial charge is 0.726 e. The third-order valence-corrected chi connectivity index (χ3v) is 5.16. The number of unbranched alkanes of at least 4 members (excludes halogenated alkanes) is 12. The molecule has 0 aliphatic carbocycles. The second-order valence-electron chi connectivity index (χ2n) is 7.35. The third kappa shape index (κ3) is 25.2. The summed E-state index contributed by atoms with van der Waals surface area (Å²) >= 11 is 0. The van der Waals surface area contributed by atoms with Crippen LogP contribution in [0.3, 0.4) is 0 Å². The zero-order valence-electron chi connectivity index (χ0n) is 18.1. The maximum atomic E-state index is 10.7. The van der Waals surface area contributed by atoms with Crippen LogP contribution in [0.4, 0.5) is 0 Å². The zero-order valence-corrected chi connectivity index (χ0v) is 22.0. The fourth-order valence-corrected chi connectivity index (χ4v) is 3.44. The van der Waals surface area contributed by atoms with Crippen molar-refractivity contribution in [1.82, 2.24) is 0 Å². The second kappa shape index (κ2) is 21.9. The second-order valence-corrected chi connectivity index (χ2v) is 8.40. The first kappa shape index (κ1) is 30.4. The summed E-state index contributed by atoms with van der Waals surface area (Å²) in [5.41, 5.74) is 0. The molecule has 0 radical (unpaired) electrons. The Bertz CT molecular complexity index is 424. The van der Waals surface area contributed by atoms with E-state index in [-0.39, 0.29) is 63.9 Å². The van der Waals surface area contributed by atoms with Crippen LogP contribution in [0, 0.1) is 5.92 Å². The van der Waals surface area contributed by atoms with Crippen LogP contribution < -0.4 is 51.4 Å². The van der Waals surface area contributed by atoms with Gasteiger partial charge in [-0.1, -0.05) is 103 Å². The molecule has 0 rings (SSSR count). The van der Waals surface area contributed by atoms with Gasteiger partial charge in [-0.05, 0) is 19.3 Å². The monoisotopic (exact) mass is 428 g/mol. The van der Waals surface area contributed by atoms with E-state index >= 15 is 0 Å². The molecule has 0 N–H and O–H groups in total. The molecule has 0 fully saturated rings. The topological polar surface area (TPSA) is 66.4 Å². The summed E-state index contributed by atoms with van der Waals surface area (Å²) in [5, 5.41) is 0. The predicted octanol–water partition coefficient (Wildman–Crippen LogP) is 3.53. The average molecular weight is 429 g/mol. The molecule has 0 saturated carbocycles. The largest absolute Gasteiger partial charge is 1.00 e. The van der Waals surface area contributed by atoms with Gasteiger partial charge < -0.3 is 4.55 Å².